The van der Waals surface area contributed by atoms with Gasteiger partial charge >= 0.3 is 5.97 Å². The second-order valence-corrected chi connectivity index (χ2v) is 16.9. The molecule has 7 nitrogen and oxygen atoms in total. The molecule has 0 radical (unpaired) electrons. The highest BCUT2D eigenvalue weighted by Gasteiger charge is 2.86. The first-order chi connectivity index (χ1) is 22.6. The van der Waals surface area contributed by atoms with Crippen molar-refractivity contribution in [1.29, 1.82) is 0 Å². The topological polar surface area (TPSA) is 83.0 Å². The van der Waals surface area contributed by atoms with E-state index < -0.39 is 22.2 Å². The molecule has 47 heavy (non-hydrogen) atoms. The SMILES string of the molecule is CCCCC1CC(C23C[C@@H]4[C@H](C)CC[C@H]4C4(C=O)CC2C=C(C(C)C)C34C(=O)O)OC1CN(C)Cc1cc(N2CCCCC2)ccn1. The van der Waals surface area contributed by atoms with Crippen molar-refractivity contribution in [3.63, 3.8) is 0 Å². The van der Waals surface area contributed by atoms with Gasteiger partial charge in [0.1, 0.15) is 11.7 Å². The third-order valence-electron chi connectivity index (χ3n) is 14.3. The van der Waals surface area contributed by atoms with Crippen molar-refractivity contribution < 1.29 is 19.4 Å². The van der Waals surface area contributed by atoms with Gasteiger partial charge in [0.15, 0.2) is 0 Å². The molecule has 0 aromatic carbocycles. The van der Waals surface area contributed by atoms with E-state index in [0.29, 0.717) is 24.2 Å². The van der Waals surface area contributed by atoms with E-state index in [-0.39, 0.29) is 30.0 Å². The first kappa shape index (κ1) is 33.3. The zero-order valence-corrected chi connectivity index (χ0v) is 29.6. The van der Waals surface area contributed by atoms with Crippen molar-refractivity contribution in [1.82, 2.24) is 9.88 Å². The summed E-state index contributed by atoms with van der Waals surface area (Å²) in [5, 5.41) is 11.5. The monoisotopic (exact) mass is 645 g/mol. The third-order valence-corrected chi connectivity index (χ3v) is 14.3. The van der Waals surface area contributed by atoms with Gasteiger partial charge in [0.05, 0.1) is 23.3 Å². The molecule has 0 amide bonds. The van der Waals surface area contributed by atoms with E-state index in [9.17, 15) is 14.7 Å². The van der Waals surface area contributed by atoms with E-state index in [1.54, 1.807) is 0 Å². The van der Waals surface area contributed by atoms with Gasteiger partial charge in [-0.25, -0.2) is 0 Å². The number of pyridine rings is 1. The lowest BCUT2D eigenvalue weighted by molar-refractivity contribution is -0.197. The van der Waals surface area contributed by atoms with E-state index in [4.69, 9.17) is 9.72 Å². The Kier molecular flexibility index (Phi) is 8.90. The molecule has 2 aliphatic heterocycles. The second kappa shape index (κ2) is 12.6. The fraction of sp³-hybridized carbons (Fsp3) is 0.775. The number of ether oxygens (including phenoxy) is 1. The molecular formula is C40H59N3O4. The normalized spacial score (nSPS) is 40.7. The fourth-order valence-electron chi connectivity index (χ4n) is 12.5. The van der Waals surface area contributed by atoms with Crippen molar-refractivity contribution >= 4 is 17.9 Å². The molecule has 4 aliphatic carbocycles. The number of carboxylic acid groups (broad SMARTS) is 1. The number of likely N-dealkylation sites (N-methyl/N-ethyl adjacent to an activating group) is 1. The second-order valence-electron chi connectivity index (χ2n) is 16.9. The average molecular weight is 646 g/mol. The number of rotatable bonds is 12. The summed E-state index contributed by atoms with van der Waals surface area (Å²) >= 11 is 0. The molecule has 5 fully saturated rings. The molecule has 2 saturated heterocycles. The number of hydrogen-bond donors (Lipinski definition) is 1. The number of aldehydes is 1. The van der Waals surface area contributed by atoms with Crippen molar-refractivity contribution in [2.75, 3.05) is 31.6 Å². The molecule has 258 valence electrons. The summed E-state index contributed by atoms with van der Waals surface area (Å²) < 4.78 is 7.33. The maximum atomic E-state index is 14.1. The number of aromatic nitrogens is 1. The third kappa shape index (κ3) is 4.82. The highest BCUT2D eigenvalue weighted by atomic mass is 16.5. The number of carbonyl (C=O) groups excluding carboxylic acids is 1. The van der Waals surface area contributed by atoms with Crippen LogP contribution in [0.15, 0.2) is 30.0 Å². The molecule has 1 aromatic rings. The van der Waals surface area contributed by atoms with Crippen LogP contribution >= 0.6 is 0 Å². The van der Waals surface area contributed by atoms with Crippen LogP contribution in [-0.4, -0.2) is 66.1 Å². The smallest absolute Gasteiger partial charge is 0.315 e. The van der Waals surface area contributed by atoms with Crippen LogP contribution < -0.4 is 4.90 Å². The summed E-state index contributed by atoms with van der Waals surface area (Å²) in [5.74, 6) is 0.817. The summed E-state index contributed by atoms with van der Waals surface area (Å²) in [6, 6.07) is 4.41. The molecule has 1 N–H and O–H groups in total. The minimum absolute atomic E-state index is 0.0360. The summed E-state index contributed by atoms with van der Waals surface area (Å²) in [5.41, 5.74) is 0.794. The highest BCUT2D eigenvalue weighted by Crippen LogP contribution is 2.84. The minimum Gasteiger partial charge on any atom is -0.481 e. The molecule has 7 rings (SSSR count). The van der Waals surface area contributed by atoms with Gasteiger partial charge in [-0.3, -0.25) is 14.7 Å². The van der Waals surface area contributed by atoms with Gasteiger partial charge in [0.25, 0.3) is 0 Å². The molecule has 0 spiro atoms. The zero-order chi connectivity index (χ0) is 33.1. The van der Waals surface area contributed by atoms with Gasteiger partial charge in [0, 0.05) is 43.5 Å². The standard InChI is InChI=1S/C40H59N3O4/c1-6-7-11-28-18-36(47-35(28)24-42(5)23-30-20-31(14-15-41-30)43-16-9-8-10-17-43)39-22-32-27(4)12-13-33(32)38(25-44)21-29(39)19-34(26(2)3)40(38,39)37(45)46/h14-15,19-20,25-29,32-33,35-36H,6-13,16-18,21-24H2,1-5H3,(H,45,46)/t27-,28?,29?,32-,33-,35?,36?,38?,39?,40?/m1/s1. The van der Waals surface area contributed by atoms with Gasteiger partial charge in [-0.2, -0.15) is 0 Å². The van der Waals surface area contributed by atoms with Crippen LogP contribution in [0, 0.1) is 51.8 Å². The Hall–Kier alpha value is -2.25. The largest absolute Gasteiger partial charge is 0.481 e. The Morgan fingerprint density at radius 1 is 1.21 bits per heavy atom. The van der Waals surface area contributed by atoms with Crippen molar-refractivity contribution in [2.24, 2.45) is 51.8 Å². The predicted octanol–water partition coefficient (Wildman–Crippen LogP) is 7.39. The van der Waals surface area contributed by atoms with Crippen LogP contribution in [0.25, 0.3) is 0 Å². The van der Waals surface area contributed by atoms with E-state index in [1.165, 1.54) is 24.9 Å². The lowest BCUT2D eigenvalue weighted by atomic mass is 9.41. The molecule has 7 unspecified atom stereocenters. The van der Waals surface area contributed by atoms with Crippen LogP contribution in [0.1, 0.15) is 104 Å². The minimum atomic E-state index is -1.18. The summed E-state index contributed by atoms with van der Waals surface area (Å²) in [7, 11) is 2.18. The highest BCUT2D eigenvalue weighted by molar-refractivity contribution is 5.90. The maximum absolute atomic E-state index is 14.1. The molecule has 1 aromatic heterocycles. The average Bonchev–Trinajstić information content (AvgIpc) is 3.77. The Bertz CT molecular complexity index is 1370. The summed E-state index contributed by atoms with van der Waals surface area (Å²) in [4.78, 5) is 37.3. The van der Waals surface area contributed by atoms with Crippen LogP contribution in [0.4, 0.5) is 5.69 Å². The molecule has 6 aliphatic rings. The maximum Gasteiger partial charge on any atom is 0.315 e. The van der Waals surface area contributed by atoms with Gasteiger partial charge in [-0.05, 0) is 106 Å². The Labute approximate surface area is 282 Å². The molecular weight excluding hydrogens is 586 g/mol. The number of aliphatic carboxylic acids is 1. The molecule has 10 atom stereocenters. The molecule has 3 saturated carbocycles. The predicted molar refractivity (Wildman–Crippen MR) is 185 cm³/mol. The number of hydrogen-bond acceptors (Lipinski definition) is 6. The van der Waals surface area contributed by atoms with Crippen LogP contribution in [0.2, 0.25) is 0 Å². The van der Waals surface area contributed by atoms with Gasteiger partial charge in [0.2, 0.25) is 0 Å². The van der Waals surface area contributed by atoms with Crippen molar-refractivity contribution in [2.45, 2.75) is 117 Å². The number of unbranched alkanes of at least 4 members (excludes halogenated alkanes) is 1. The van der Waals surface area contributed by atoms with E-state index in [2.05, 4.69) is 62.8 Å². The lowest BCUT2D eigenvalue weighted by Crippen LogP contribution is -2.65. The van der Waals surface area contributed by atoms with Crippen LogP contribution in [0.3, 0.4) is 0 Å². The number of fused-ring (bicyclic) bond motifs is 2. The van der Waals surface area contributed by atoms with E-state index in [0.717, 1.165) is 88.7 Å². The fourth-order valence-corrected chi connectivity index (χ4v) is 12.5. The lowest BCUT2D eigenvalue weighted by Gasteiger charge is -2.60. The molecule has 7 heteroatoms. The number of allylic oxidation sites excluding steroid dienone is 1. The van der Waals surface area contributed by atoms with E-state index >= 15 is 0 Å². The number of carboxylic acids is 1. The number of carbonyl (C=O) groups is 2. The Morgan fingerprint density at radius 2 is 2.00 bits per heavy atom. The van der Waals surface area contributed by atoms with Gasteiger partial charge in [-0.1, -0.05) is 58.6 Å². The first-order valence-electron chi connectivity index (χ1n) is 19.1. The van der Waals surface area contributed by atoms with Crippen molar-refractivity contribution in [3.05, 3.63) is 35.7 Å². The van der Waals surface area contributed by atoms with Crippen LogP contribution in [-0.2, 0) is 20.9 Å². The first-order valence-corrected chi connectivity index (χ1v) is 19.1. The Morgan fingerprint density at radius 3 is 2.70 bits per heavy atom. The number of anilines is 1. The summed E-state index contributed by atoms with van der Waals surface area (Å²) in [6.45, 7) is 12.7. The van der Waals surface area contributed by atoms with Crippen molar-refractivity contribution in [3.8, 4) is 0 Å². The van der Waals surface area contributed by atoms with Crippen LogP contribution in [0.5, 0.6) is 0 Å². The Balaban J connectivity index is 1.19. The number of nitrogens with zero attached hydrogens (tertiary/aromatic N) is 3. The molecule has 4 bridgehead atoms. The quantitative estimate of drug-likeness (QED) is 0.187. The van der Waals surface area contributed by atoms with Gasteiger partial charge < -0.3 is 19.5 Å². The van der Waals surface area contributed by atoms with Gasteiger partial charge in [-0.15, -0.1) is 0 Å². The van der Waals surface area contributed by atoms with E-state index in [1.807, 2.05) is 6.20 Å². The number of piperidine rings is 1. The zero-order valence-electron chi connectivity index (χ0n) is 29.6. The molecule has 3 heterocycles. The summed E-state index contributed by atoms with van der Waals surface area (Å²) in [6.07, 6.45) is 17.0.